The molecule has 1 aromatic carbocycles. The maximum Gasteiger partial charge on any atom is 0.410 e. The first-order valence-electron chi connectivity index (χ1n) is 7.68. The number of alkyl halides is 1. The van der Waals surface area contributed by atoms with Gasteiger partial charge in [0.25, 0.3) is 0 Å². The highest BCUT2D eigenvalue weighted by molar-refractivity contribution is 5.68. The van der Waals surface area contributed by atoms with Crippen molar-refractivity contribution in [3.63, 3.8) is 0 Å². The van der Waals surface area contributed by atoms with Crippen LogP contribution >= 0.6 is 0 Å². The number of aromatic hydroxyl groups is 1. The fraction of sp³-hybridized carbons (Fsp3) is 0.588. The summed E-state index contributed by atoms with van der Waals surface area (Å²) in [5, 5.41) is 9.75. The lowest BCUT2D eigenvalue weighted by molar-refractivity contribution is 0.0143. The molecule has 1 aromatic rings. The fourth-order valence-corrected chi connectivity index (χ4v) is 2.68. The van der Waals surface area contributed by atoms with Crippen LogP contribution in [0.1, 0.15) is 45.3 Å². The summed E-state index contributed by atoms with van der Waals surface area (Å²) in [4.78, 5) is 13.6. The Morgan fingerprint density at radius 1 is 1.32 bits per heavy atom. The van der Waals surface area contributed by atoms with Crippen LogP contribution in [0.4, 0.5) is 9.18 Å². The van der Waals surface area contributed by atoms with Crippen LogP contribution in [0.5, 0.6) is 5.75 Å². The van der Waals surface area contributed by atoms with Gasteiger partial charge < -0.3 is 14.7 Å². The monoisotopic (exact) mass is 309 g/mol. The van der Waals surface area contributed by atoms with E-state index in [-0.39, 0.29) is 17.8 Å². The second kappa shape index (κ2) is 6.55. The summed E-state index contributed by atoms with van der Waals surface area (Å²) in [5.74, 6) is -0.198. The largest absolute Gasteiger partial charge is 0.508 e. The zero-order valence-corrected chi connectivity index (χ0v) is 13.4. The standard InChI is InChI=1S/C17H24FNO3/c1-17(2,3)22-16(21)19-10-8-12(9-11-19)15(18)13-6-4-5-7-14(13)20/h4-7,12,15,20H,8-11H2,1-3H3. The number of amides is 1. The summed E-state index contributed by atoms with van der Waals surface area (Å²) >= 11 is 0. The maximum absolute atomic E-state index is 14.6. The van der Waals surface area contributed by atoms with Crippen molar-refractivity contribution in [1.29, 1.82) is 0 Å². The molecule has 1 unspecified atom stereocenters. The van der Waals surface area contributed by atoms with Crippen molar-refractivity contribution < 1.29 is 19.0 Å². The van der Waals surface area contributed by atoms with Crippen molar-refractivity contribution in [3.8, 4) is 5.75 Å². The molecule has 0 saturated carbocycles. The van der Waals surface area contributed by atoms with Crippen LogP contribution < -0.4 is 0 Å². The van der Waals surface area contributed by atoms with Gasteiger partial charge in [0.2, 0.25) is 0 Å². The van der Waals surface area contributed by atoms with Gasteiger partial charge in [-0.1, -0.05) is 18.2 Å². The van der Waals surface area contributed by atoms with Gasteiger partial charge in [-0.2, -0.15) is 0 Å². The number of hydrogen-bond acceptors (Lipinski definition) is 3. The number of ether oxygens (including phenoxy) is 1. The van der Waals surface area contributed by atoms with E-state index < -0.39 is 11.8 Å². The van der Waals surface area contributed by atoms with Crippen molar-refractivity contribution in [3.05, 3.63) is 29.8 Å². The first kappa shape index (κ1) is 16.6. The van der Waals surface area contributed by atoms with E-state index in [4.69, 9.17) is 4.74 Å². The molecule has 0 radical (unpaired) electrons. The summed E-state index contributed by atoms with van der Waals surface area (Å²) in [6, 6.07) is 6.51. The molecule has 1 aliphatic heterocycles. The van der Waals surface area contributed by atoms with E-state index in [1.807, 2.05) is 20.8 Å². The van der Waals surface area contributed by atoms with E-state index in [9.17, 15) is 14.3 Å². The normalized spacial score (nSPS) is 18.1. The van der Waals surface area contributed by atoms with Crippen molar-refractivity contribution in [2.45, 2.75) is 45.4 Å². The van der Waals surface area contributed by atoms with Gasteiger partial charge in [0, 0.05) is 18.7 Å². The number of rotatable bonds is 2. The molecule has 2 rings (SSSR count). The molecular formula is C17H24FNO3. The molecular weight excluding hydrogens is 285 g/mol. The Bertz CT molecular complexity index is 519. The topological polar surface area (TPSA) is 49.8 Å². The summed E-state index contributed by atoms with van der Waals surface area (Å²) < 4.78 is 19.9. The number of carbonyl (C=O) groups is 1. The highest BCUT2D eigenvalue weighted by atomic mass is 19.1. The molecule has 1 fully saturated rings. The van der Waals surface area contributed by atoms with E-state index >= 15 is 0 Å². The van der Waals surface area contributed by atoms with Crippen LogP contribution in [0.3, 0.4) is 0 Å². The van der Waals surface area contributed by atoms with Crippen LogP contribution in [0, 0.1) is 5.92 Å². The molecule has 1 N–H and O–H groups in total. The van der Waals surface area contributed by atoms with Crippen LogP contribution in [-0.4, -0.2) is 34.8 Å². The predicted octanol–water partition coefficient (Wildman–Crippen LogP) is 4.05. The Balaban J connectivity index is 1.92. The number of phenols is 1. The lowest BCUT2D eigenvalue weighted by atomic mass is 9.88. The number of carbonyl (C=O) groups excluding carboxylic acids is 1. The third-order valence-corrected chi connectivity index (χ3v) is 3.84. The fourth-order valence-electron chi connectivity index (χ4n) is 2.68. The third kappa shape index (κ3) is 4.12. The highest BCUT2D eigenvalue weighted by Gasteiger charge is 2.32. The Kier molecular flexibility index (Phi) is 4.94. The number of nitrogens with zero attached hydrogens (tertiary/aromatic N) is 1. The molecule has 4 nitrogen and oxygen atoms in total. The Hall–Kier alpha value is -1.78. The molecule has 1 saturated heterocycles. The van der Waals surface area contributed by atoms with Gasteiger partial charge in [0.05, 0.1) is 0 Å². The van der Waals surface area contributed by atoms with Crippen LogP contribution in [-0.2, 0) is 4.74 Å². The molecule has 1 aliphatic rings. The molecule has 0 spiro atoms. The molecule has 122 valence electrons. The molecule has 1 heterocycles. The number of phenolic OH excluding ortho intramolecular Hbond substituents is 1. The number of likely N-dealkylation sites (tertiary alicyclic amines) is 1. The number of piperidine rings is 1. The first-order chi connectivity index (χ1) is 10.3. The molecule has 22 heavy (non-hydrogen) atoms. The van der Waals surface area contributed by atoms with Crippen molar-refractivity contribution >= 4 is 6.09 Å². The average Bonchev–Trinajstić information content (AvgIpc) is 2.45. The van der Waals surface area contributed by atoms with Gasteiger partial charge in [-0.05, 0) is 45.6 Å². The minimum Gasteiger partial charge on any atom is -0.508 e. The second-order valence-corrected chi connectivity index (χ2v) is 6.77. The Morgan fingerprint density at radius 3 is 2.45 bits per heavy atom. The van der Waals surface area contributed by atoms with Gasteiger partial charge in [-0.3, -0.25) is 0 Å². The third-order valence-electron chi connectivity index (χ3n) is 3.84. The molecule has 5 heteroatoms. The number of halogens is 1. The van der Waals surface area contributed by atoms with E-state index in [1.54, 1.807) is 23.1 Å². The quantitative estimate of drug-likeness (QED) is 0.896. The number of para-hydroxylation sites is 1. The second-order valence-electron chi connectivity index (χ2n) is 6.77. The van der Waals surface area contributed by atoms with Crippen LogP contribution in [0.15, 0.2) is 24.3 Å². The number of hydrogen-bond donors (Lipinski definition) is 1. The smallest absolute Gasteiger partial charge is 0.410 e. The minimum atomic E-state index is -1.21. The van der Waals surface area contributed by atoms with Gasteiger partial charge >= 0.3 is 6.09 Å². The van der Waals surface area contributed by atoms with E-state index in [1.165, 1.54) is 6.07 Å². The van der Waals surface area contributed by atoms with E-state index in [2.05, 4.69) is 0 Å². The van der Waals surface area contributed by atoms with Crippen molar-refractivity contribution in [2.24, 2.45) is 5.92 Å². The van der Waals surface area contributed by atoms with Crippen molar-refractivity contribution in [2.75, 3.05) is 13.1 Å². The van der Waals surface area contributed by atoms with E-state index in [0.717, 1.165) is 0 Å². The van der Waals surface area contributed by atoms with Crippen LogP contribution in [0.2, 0.25) is 0 Å². The minimum absolute atomic E-state index is 0.00966. The van der Waals surface area contributed by atoms with Crippen molar-refractivity contribution in [1.82, 2.24) is 4.90 Å². The summed E-state index contributed by atoms with van der Waals surface area (Å²) in [6.07, 6.45) is -0.422. The maximum atomic E-state index is 14.6. The average molecular weight is 309 g/mol. The van der Waals surface area contributed by atoms with Gasteiger partial charge in [0.1, 0.15) is 17.5 Å². The summed E-state index contributed by atoms with van der Waals surface area (Å²) in [7, 11) is 0. The molecule has 0 bridgehead atoms. The Labute approximate surface area is 130 Å². The predicted molar refractivity (Wildman–Crippen MR) is 82.5 cm³/mol. The zero-order valence-electron chi connectivity index (χ0n) is 13.4. The molecule has 0 aromatic heterocycles. The highest BCUT2D eigenvalue weighted by Crippen LogP contribution is 2.37. The van der Waals surface area contributed by atoms with Gasteiger partial charge in [-0.25, -0.2) is 9.18 Å². The van der Waals surface area contributed by atoms with Gasteiger partial charge in [0.15, 0.2) is 0 Å². The van der Waals surface area contributed by atoms with E-state index in [0.29, 0.717) is 31.5 Å². The number of benzene rings is 1. The lowest BCUT2D eigenvalue weighted by Crippen LogP contribution is -2.42. The zero-order chi connectivity index (χ0) is 16.3. The SMILES string of the molecule is CC(C)(C)OC(=O)N1CCC(C(F)c2ccccc2O)CC1. The molecule has 1 atom stereocenters. The van der Waals surface area contributed by atoms with Gasteiger partial charge in [-0.15, -0.1) is 0 Å². The Morgan fingerprint density at radius 2 is 1.91 bits per heavy atom. The van der Waals surface area contributed by atoms with Crippen LogP contribution in [0.25, 0.3) is 0 Å². The summed E-state index contributed by atoms with van der Waals surface area (Å²) in [6.45, 7) is 6.44. The lowest BCUT2D eigenvalue weighted by Gasteiger charge is -2.34. The molecule has 1 amide bonds. The first-order valence-corrected chi connectivity index (χ1v) is 7.68. The molecule has 0 aliphatic carbocycles. The summed E-state index contributed by atoms with van der Waals surface area (Å²) in [5.41, 5.74) is -0.190.